The minimum absolute atomic E-state index is 0. The van der Waals surface area contributed by atoms with Gasteiger partial charge in [0.15, 0.2) is 0 Å². The molecule has 0 aliphatic rings. The van der Waals surface area contributed by atoms with Gasteiger partial charge in [0.2, 0.25) is 0 Å². The summed E-state index contributed by atoms with van der Waals surface area (Å²) in [4.78, 5) is 10.8. The maximum absolute atomic E-state index is 10.8. The van der Waals surface area contributed by atoms with Crippen LogP contribution in [0, 0.1) is 12.6 Å². The molecule has 0 bridgehead atoms. The summed E-state index contributed by atoms with van der Waals surface area (Å²) >= 11 is 0. The van der Waals surface area contributed by atoms with Gasteiger partial charge in [-0.05, 0) is 5.56 Å². The van der Waals surface area contributed by atoms with Crippen molar-refractivity contribution in [1.29, 1.82) is 0 Å². The van der Waals surface area contributed by atoms with E-state index in [4.69, 9.17) is 0 Å². The van der Waals surface area contributed by atoms with Gasteiger partial charge >= 0.3 is 25.4 Å². The van der Waals surface area contributed by atoms with Crippen LogP contribution in [-0.2, 0) is 24.2 Å². The first kappa shape index (κ1) is 17.9. The standard InChI is InChI=1S/C8H7O2.C4H11Si.Zn/c1-10-8(9)7-5-3-2-4-6-7;1-5(2,3)4;/h3-6H,1H3;1H2,2-4H3;/q2*-1;+2. The molecule has 0 fully saturated rings. The summed E-state index contributed by atoms with van der Waals surface area (Å²) in [6.45, 7) is 10.6. The minimum atomic E-state index is -0.861. The monoisotopic (exact) mass is 286 g/mol. The van der Waals surface area contributed by atoms with Gasteiger partial charge in [-0.3, -0.25) is 0 Å². The Kier molecular flexibility index (Phi) is 9.69. The first-order valence-corrected chi connectivity index (χ1v) is 8.45. The van der Waals surface area contributed by atoms with E-state index in [9.17, 15) is 4.79 Å². The van der Waals surface area contributed by atoms with Gasteiger partial charge < -0.3 is 11.3 Å². The molecule has 0 radical (unpaired) electrons. The number of esters is 1. The molecule has 2 nitrogen and oxygen atoms in total. The molecule has 0 unspecified atom stereocenters. The Morgan fingerprint density at radius 3 is 2.00 bits per heavy atom. The first-order valence-electron chi connectivity index (χ1n) is 4.74. The molecule has 4 heteroatoms. The van der Waals surface area contributed by atoms with Crippen molar-refractivity contribution >= 4 is 14.0 Å². The molecule has 16 heavy (non-hydrogen) atoms. The van der Waals surface area contributed by atoms with E-state index in [0.29, 0.717) is 5.56 Å². The number of ether oxygens (including phenoxy) is 1. The molecular weight excluding hydrogens is 270 g/mol. The zero-order chi connectivity index (χ0) is 11.9. The second-order valence-electron chi connectivity index (χ2n) is 4.34. The number of methoxy groups -OCH3 is 1. The second kappa shape index (κ2) is 8.66. The third kappa shape index (κ3) is 11.6. The van der Waals surface area contributed by atoms with Crippen molar-refractivity contribution in [3.63, 3.8) is 0 Å². The van der Waals surface area contributed by atoms with E-state index < -0.39 is 8.07 Å². The van der Waals surface area contributed by atoms with Gasteiger partial charge in [-0.15, -0.1) is 8.07 Å². The Bertz CT molecular complexity index is 288. The Balaban J connectivity index is 0. The molecule has 0 aliphatic carbocycles. The zero-order valence-corrected chi connectivity index (χ0v) is 14.5. The summed E-state index contributed by atoms with van der Waals surface area (Å²) in [5.41, 5.74) is 0.557. The van der Waals surface area contributed by atoms with Crippen LogP contribution >= 0.6 is 0 Å². The first-order chi connectivity index (χ1) is 6.84. The SMILES string of the molecule is COC(=O)c1cc[c-]cc1.[CH2-][Si](C)(C)C.[Zn+2]. The van der Waals surface area contributed by atoms with Crippen LogP contribution in [0.2, 0.25) is 19.6 Å². The van der Waals surface area contributed by atoms with Crippen molar-refractivity contribution in [2.45, 2.75) is 19.6 Å². The van der Waals surface area contributed by atoms with Crippen LogP contribution in [0.4, 0.5) is 0 Å². The fourth-order valence-corrected chi connectivity index (χ4v) is 0.641. The second-order valence-corrected chi connectivity index (χ2v) is 9.46. The van der Waals surface area contributed by atoms with Crippen LogP contribution in [0.15, 0.2) is 24.3 Å². The van der Waals surface area contributed by atoms with Gasteiger partial charge in [-0.25, -0.2) is 4.79 Å². The van der Waals surface area contributed by atoms with Crippen LogP contribution in [0.3, 0.4) is 0 Å². The molecule has 0 amide bonds. The maximum Gasteiger partial charge on any atom is 2.00 e. The van der Waals surface area contributed by atoms with E-state index in [2.05, 4.69) is 37.0 Å². The van der Waals surface area contributed by atoms with Gasteiger partial charge in [-0.1, -0.05) is 19.6 Å². The molecule has 0 aliphatic heterocycles. The number of benzene rings is 1. The average molecular weight is 288 g/mol. The van der Waals surface area contributed by atoms with Crippen molar-refractivity contribution in [2.75, 3.05) is 7.11 Å². The Labute approximate surface area is 112 Å². The average Bonchev–Trinajstić information content (AvgIpc) is 2.15. The van der Waals surface area contributed by atoms with E-state index in [1.54, 1.807) is 24.3 Å². The van der Waals surface area contributed by atoms with E-state index in [1.807, 2.05) is 0 Å². The van der Waals surface area contributed by atoms with Crippen molar-refractivity contribution < 1.29 is 29.0 Å². The molecule has 0 atom stereocenters. The van der Waals surface area contributed by atoms with Gasteiger partial charge in [0.25, 0.3) is 0 Å². The summed E-state index contributed by atoms with van der Waals surface area (Å²) < 4.78 is 4.48. The fourth-order valence-electron chi connectivity index (χ4n) is 0.641. The maximum atomic E-state index is 10.8. The quantitative estimate of drug-likeness (QED) is 0.451. The predicted molar refractivity (Wildman–Crippen MR) is 65.3 cm³/mol. The largest absolute Gasteiger partial charge is 2.00 e. The van der Waals surface area contributed by atoms with Crippen molar-refractivity contribution in [3.8, 4) is 0 Å². The molecule has 1 aromatic carbocycles. The molecule has 84 valence electrons. The zero-order valence-electron chi connectivity index (χ0n) is 10.5. The van der Waals surface area contributed by atoms with Crippen LogP contribution < -0.4 is 0 Å². The Morgan fingerprint density at radius 1 is 1.31 bits per heavy atom. The number of carbonyl (C=O) groups is 1. The van der Waals surface area contributed by atoms with Crippen LogP contribution in [0.25, 0.3) is 0 Å². The van der Waals surface area contributed by atoms with E-state index in [1.165, 1.54) is 7.11 Å². The Hall–Kier alpha value is -0.470. The van der Waals surface area contributed by atoms with Crippen molar-refractivity contribution in [3.05, 3.63) is 42.4 Å². The number of hydrogen-bond acceptors (Lipinski definition) is 2. The Morgan fingerprint density at radius 2 is 1.69 bits per heavy atom. The molecule has 1 rings (SSSR count). The number of rotatable bonds is 1. The van der Waals surface area contributed by atoms with E-state index in [-0.39, 0.29) is 25.4 Å². The normalized spacial score (nSPS) is 9.31. The molecule has 0 saturated heterocycles. The van der Waals surface area contributed by atoms with Crippen molar-refractivity contribution in [1.82, 2.24) is 0 Å². The molecule has 0 N–H and O–H groups in total. The van der Waals surface area contributed by atoms with Crippen molar-refractivity contribution in [2.24, 2.45) is 0 Å². The fraction of sp³-hybridized carbons (Fsp3) is 0.333. The molecule has 0 saturated carbocycles. The summed E-state index contributed by atoms with van der Waals surface area (Å²) in [7, 11) is 0.499. The summed E-state index contributed by atoms with van der Waals surface area (Å²) in [6.07, 6.45) is 0. The smallest absolute Gasteiger partial charge is 0.467 e. The van der Waals surface area contributed by atoms with Crippen LogP contribution in [-0.4, -0.2) is 21.2 Å². The number of hydrogen-bond donors (Lipinski definition) is 0. The molecule has 0 heterocycles. The van der Waals surface area contributed by atoms with Crippen LogP contribution in [0.1, 0.15) is 10.4 Å². The van der Waals surface area contributed by atoms with Gasteiger partial charge in [0.05, 0.1) is 7.11 Å². The summed E-state index contributed by atoms with van der Waals surface area (Å²) in [6, 6.07) is 9.47. The molecular formula is C12H18O2SiZn. The third-order valence-corrected chi connectivity index (χ3v) is 1.14. The van der Waals surface area contributed by atoms with E-state index in [0.717, 1.165) is 0 Å². The van der Waals surface area contributed by atoms with Crippen LogP contribution in [0.5, 0.6) is 0 Å². The van der Waals surface area contributed by atoms with Gasteiger partial charge in [0, 0.05) is 0 Å². The topological polar surface area (TPSA) is 26.3 Å². The van der Waals surface area contributed by atoms with Gasteiger partial charge in [-0.2, -0.15) is 30.3 Å². The number of carbonyl (C=O) groups excluding carboxylic acids is 1. The van der Waals surface area contributed by atoms with Gasteiger partial charge in [0.1, 0.15) is 0 Å². The molecule has 0 aromatic heterocycles. The van der Waals surface area contributed by atoms with E-state index >= 15 is 0 Å². The molecule has 1 aromatic rings. The third-order valence-electron chi connectivity index (χ3n) is 1.14. The molecule has 0 spiro atoms. The summed E-state index contributed by atoms with van der Waals surface area (Å²) in [5, 5.41) is 0. The minimum Gasteiger partial charge on any atom is -0.467 e. The summed E-state index contributed by atoms with van der Waals surface area (Å²) in [5.74, 6) is -0.311. The predicted octanol–water partition coefficient (Wildman–Crippen LogP) is 2.97.